The van der Waals surface area contributed by atoms with Crippen molar-refractivity contribution >= 4 is 5.91 Å². The summed E-state index contributed by atoms with van der Waals surface area (Å²) in [7, 11) is 0. The minimum Gasteiger partial charge on any atom is -0.360 e. The SMILES string of the molecule is C=C/C(=C\C)CCN1CCC2(CC1)CN(CC)C(=O)C(CCCC)O2. The molecule has 1 atom stereocenters. The second kappa shape index (κ2) is 9.54. The van der Waals surface area contributed by atoms with E-state index in [0.29, 0.717) is 0 Å². The van der Waals surface area contributed by atoms with Crippen molar-refractivity contribution in [2.24, 2.45) is 0 Å². The van der Waals surface area contributed by atoms with E-state index in [2.05, 4.69) is 38.3 Å². The fourth-order valence-electron chi connectivity index (χ4n) is 3.97. The number of piperidine rings is 1. The van der Waals surface area contributed by atoms with Crippen molar-refractivity contribution in [2.75, 3.05) is 32.7 Å². The number of unbranched alkanes of at least 4 members (excludes halogenated alkanes) is 1. The minimum atomic E-state index is -0.226. The molecule has 0 aliphatic carbocycles. The van der Waals surface area contributed by atoms with E-state index in [9.17, 15) is 4.79 Å². The summed E-state index contributed by atoms with van der Waals surface area (Å²) in [5, 5.41) is 0. The van der Waals surface area contributed by atoms with Crippen LogP contribution in [0.2, 0.25) is 0 Å². The molecule has 1 spiro atoms. The Bertz CT molecular complexity index is 478. The number of carbonyl (C=O) groups is 1. The van der Waals surface area contributed by atoms with Gasteiger partial charge in [0.25, 0.3) is 5.91 Å². The number of nitrogens with zero attached hydrogens (tertiary/aromatic N) is 2. The normalized spacial score (nSPS) is 24.8. The van der Waals surface area contributed by atoms with Gasteiger partial charge in [0.15, 0.2) is 0 Å². The molecule has 1 amide bonds. The maximum Gasteiger partial charge on any atom is 0.251 e. The van der Waals surface area contributed by atoms with E-state index in [1.54, 1.807) is 0 Å². The topological polar surface area (TPSA) is 32.8 Å². The Morgan fingerprint density at radius 3 is 2.64 bits per heavy atom. The predicted molar refractivity (Wildman–Crippen MR) is 104 cm³/mol. The molecule has 142 valence electrons. The number of ether oxygens (including phenoxy) is 1. The minimum absolute atomic E-state index is 0.124. The van der Waals surface area contributed by atoms with Crippen LogP contribution in [0.5, 0.6) is 0 Å². The molecular formula is C21H36N2O2. The first kappa shape index (κ1) is 20.2. The van der Waals surface area contributed by atoms with E-state index >= 15 is 0 Å². The highest BCUT2D eigenvalue weighted by atomic mass is 16.5. The molecule has 2 aliphatic rings. The molecule has 2 fully saturated rings. The third-order valence-corrected chi connectivity index (χ3v) is 5.78. The molecule has 2 saturated heterocycles. The molecule has 25 heavy (non-hydrogen) atoms. The van der Waals surface area contributed by atoms with Gasteiger partial charge >= 0.3 is 0 Å². The lowest BCUT2D eigenvalue weighted by molar-refractivity contribution is -0.193. The first-order valence-electron chi connectivity index (χ1n) is 10.0. The van der Waals surface area contributed by atoms with Crippen LogP contribution >= 0.6 is 0 Å². The van der Waals surface area contributed by atoms with Gasteiger partial charge < -0.3 is 14.5 Å². The molecule has 2 heterocycles. The lowest BCUT2D eigenvalue weighted by Gasteiger charge is -2.49. The van der Waals surface area contributed by atoms with Gasteiger partial charge in [0.1, 0.15) is 6.10 Å². The summed E-state index contributed by atoms with van der Waals surface area (Å²) in [6.07, 6.45) is 10.0. The second-order valence-electron chi connectivity index (χ2n) is 7.44. The standard InChI is InChI=1S/C21H36N2O2/c1-5-9-10-19-20(24)23(8-4)17-21(25-19)12-15-22(16-13-21)14-11-18(6-2)7-3/h6-7,19H,2,5,8-17H2,1,3-4H3/b18-7+. The zero-order chi connectivity index (χ0) is 18.3. The molecule has 0 radical (unpaired) electrons. The Morgan fingerprint density at radius 2 is 2.08 bits per heavy atom. The summed E-state index contributed by atoms with van der Waals surface area (Å²) in [6, 6.07) is 0. The maximum absolute atomic E-state index is 12.6. The van der Waals surface area contributed by atoms with E-state index in [1.807, 2.05) is 11.0 Å². The number of amides is 1. The number of carbonyl (C=O) groups excluding carboxylic acids is 1. The molecule has 2 rings (SSSR count). The van der Waals surface area contributed by atoms with Crippen LogP contribution in [0.1, 0.15) is 59.3 Å². The Labute approximate surface area is 153 Å². The average molecular weight is 349 g/mol. The van der Waals surface area contributed by atoms with Gasteiger partial charge in [-0.05, 0) is 39.5 Å². The Morgan fingerprint density at radius 1 is 1.36 bits per heavy atom. The first-order chi connectivity index (χ1) is 12.1. The Hall–Kier alpha value is -1.13. The summed E-state index contributed by atoms with van der Waals surface area (Å²) in [4.78, 5) is 17.1. The molecule has 0 aromatic heterocycles. The van der Waals surface area contributed by atoms with Crippen LogP contribution in [-0.4, -0.2) is 60.1 Å². The first-order valence-corrected chi connectivity index (χ1v) is 10.0. The van der Waals surface area contributed by atoms with Crippen LogP contribution in [0.3, 0.4) is 0 Å². The van der Waals surface area contributed by atoms with Crippen molar-refractivity contribution in [3.8, 4) is 0 Å². The molecule has 0 aromatic rings. The van der Waals surface area contributed by atoms with Crippen molar-refractivity contribution in [3.63, 3.8) is 0 Å². The summed E-state index contributed by atoms with van der Waals surface area (Å²) in [6.45, 7) is 15.0. The summed E-state index contributed by atoms with van der Waals surface area (Å²) >= 11 is 0. The lowest BCUT2D eigenvalue weighted by atomic mass is 9.87. The van der Waals surface area contributed by atoms with Gasteiger partial charge in [0.2, 0.25) is 0 Å². The third kappa shape index (κ3) is 5.18. The number of likely N-dealkylation sites (N-methyl/N-ethyl adjacent to an activating group) is 1. The smallest absolute Gasteiger partial charge is 0.251 e. The number of hydrogen-bond acceptors (Lipinski definition) is 3. The number of likely N-dealkylation sites (tertiary alicyclic amines) is 1. The van der Waals surface area contributed by atoms with Crippen LogP contribution in [0.4, 0.5) is 0 Å². The summed E-state index contributed by atoms with van der Waals surface area (Å²) in [5.41, 5.74) is 1.19. The third-order valence-electron chi connectivity index (χ3n) is 5.78. The zero-order valence-corrected chi connectivity index (χ0v) is 16.4. The Balaban J connectivity index is 1.93. The largest absolute Gasteiger partial charge is 0.360 e. The molecular weight excluding hydrogens is 312 g/mol. The van der Waals surface area contributed by atoms with Gasteiger partial charge in [-0.25, -0.2) is 0 Å². The highest BCUT2D eigenvalue weighted by molar-refractivity contribution is 5.81. The van der Waals surface area contributed by atoms with Gasteiger partial charge in [-0.1, -0.05) is 44.1 Å². The lowest BCUT2D eigenvalue weighted by Crippen LogP contribution is -2.61. The predicted octanol–water partition coefficient (Wildman–Crippen LogP) is 3.78. The van der Waals surface area contributed by atoms with Crippen LogP contribution < -0.4 is 0 Å². The van der Waals surface area contributed by atoms with Gasteiger partial charge in [0.05, 0.1) is 5.60 Å². The highest BCUT2D eigenvalue weighted by Crippen LogP contribution is 2.34. The van der Waals surface area contributed by atoms with E-state index in [4.69, 9.17) is 4.74 Å². The van der Waals surface area contributed by atoms with E-state index in [-0.39, 0.29) is 17.6 Å². The van der Waals surface area contributed by atoms with Crippen LogP contribution in [0.25, 0.3) is 0 Å². The van der Waals surface area contributed by atoms with Gasteiger partial charge in [-0.3, -0.25) is 4.79 Å². The molecule has 2 aliphatic heterocycles. The fourth-order valence-corrected chi connectivity index (χ4v) is 3.97. The van der Waals surface area contributed by atoms with Crippen molar-refractivity contribution in [1.82, 2.24) is 9.80 Å². The summed E-state index contributed by atoms with van der Waals surface area (Å²) < 4.78 is 6.43. The van der Waals surface area contributed by atoms with Gasteiger partial charge in [-0.2, -0.15) is 0 Å². The zero-order valence-electron chi connectivity index (χ0n) is 16.4. The molecule has 0 bridgehead atoms. The van der Waals surface area contributed by atoms with Gasteiger partial charge in [-0.15, -0.1) is 0 Å². The molecule has 4 heteroatoms. The highest BCUT2D eigenvalue weighted by Gasteiger charge is 2.45. The van der Waals surface area contributed by atoms with Crippen LogP contribution in [0.15, 0.2) is 24.3 Å². The van der Waals surface area contributed by atoms with Crippen LogP contribution in [0, 0.1) is 0 Å². The number of rotatable bonds is 8. The molecule has 4 nitrogen and oxygen atoms in total. The Kier molecular flexibility index (Phi) is 7.70. The van der Waals surface area contributed by atoms with E-state index < -0.39 is 0 Å². The monoisotopic (exact) mass is 348 g/mol. The maximum atomic E-state index is 12.6. The van der Waals surface area contributed by atoms with Crippen molar-refractivity contribution in [2.45, 2.75) is 71.0 Å². The van der Waals surface area contributed by atoms with Crippen LogP contribution in [-0.2, 0) is 9.53 Å². The molecule has 0 aromatic carbocycles. The van der Waals surface area contributed by atoms with E-state index in [1.165, 1.54) is 5.57 Å². The van der Waals surface area contributed by atoms with Crippen molar-refractivity contribution in [3.05, 3.63) is 24.3 Å². The quantitative estimate of drug-likeness (QED) is 0.626. The molecule has 0 saturated carbocycles. The second-order valence-corrected chi connectivity index (χ2v) is 7.44. The van der Waals surface area contributed by atoms with Crippen molar-refractivity contribution < 1.29 is 9.53 Å². The molecule has 0 N–H and O–H groups in total. The molecule has 1 unspecified atom stereocenters. The van der Waals surface area contributed by atoms with E-state index in [0.717, 1.165) is 71.2 Å². The number of hydrogen-bond donors (Lipinski definition) is 0. The van der Waals surface area contributed by atoms with Crippen molar-refractivity contribution in [1.29, 1.82) is 0 Å². The average Bonchev–Trinajstić information content (AvgIpc) is 2.64. The fraction of sp³-hybridized carbons (Fsp3) is 0.762. The summed E-state index contributed by atoms with van der Waals surface area (Å²) in [5.74, 6) is 0.202. The number of morpholine rings is 1. The van der Waals surface area contributed by atoms with Gasteiger partial charge in [0, 0.05) is 32.7 Å². The number of allylic oxidation sites excluding steroid dienone is 2.